The van der Waals surface area contributed by atoms with Gasteiger partial charge in [0.2, 0.25) is 0 Å². The summed E-state index contributed by atoms with van der Waals surface area (Å²) in [7, 11) is 0. The smallest absolute Gasteiger partial charge is 0.323 e. The lowest BCUT2D eigenvalue weighted by atomic mass is 9.92. The Bertz CT molecular complexity index is 1090. The molecule has 10 heteroatoms. The number of aryl methyl sites for hydroxylation is 1. The molecule has 2 aromatic carbocycles. The second-order valence-electron chi connectivity index (χ2n) is 9.47. The largest absolute Gasteiger partial charge is 0.350 e. The van der Waals surface area contributed by atoms with Crippen LogP contribution in [-0.2, 0) is 4.79 Å². The zero-order chi connectivity index (χ0) is 25.7. The molecule has 2 fully saturated rings. The summed E-state index contributed by atoms with van der Waals surface area (Å²) in [5.41, 5.74) is 7.91. The first-order chi connectivity index (χ1) is 17.3. The van der Waals surface area contributed by atoms with Crippen LogP contribution >= 0.6 is 0 Å². The van der Waals surface area contributed by atoms with Gasteiger partial charge in [-0.25, -0.2) is 14.0 Å². The Hall–Kier alpha value is -3.66. The van der Waals surface area contributed by atoms with Gasteiger partial charge in [-0.1, -0.05) is 23.8 Å². The SMILES string of the molecule is Cc1ccc(NC(=O)N2CCCN(C(=O)Nc3cccc(F)c3)C2C(=O)NC2CCC(N)CC2)cc1. The quantitative estimate of drug-likeness (QED) is 0.517. The second kappa shape index (κ2) is 11.4. The molecular weight excluding hydrogens is 463 g/mol. The van der Waals surface area contributed by atoms with Crippen molar-refractivity contribution in [3.05, 3.63) is 59.9 Å². The molecule has 192 valence electrons. The fourth-order valence-electron chi connectivity index (χ4n) is 4.67. The first-order valence-electron chi connectivity index (χ1n) is 12.3. The third kappa shape index (κ3) is 6.31. The normalized spacial score (nSPS) is 22.0. The summed E-state index contributed by atoms with van der Waals surface area (Å²) >= 11 is 0. The molecule has 0 bridgehead atoms. The molecule has 5 amide bonds. The van der Waals surface area contributed by atoms with Gasteiger partial charge in [-0.3, -0.25) is 14.6 Å². The first-order valence-corrected chi connectivity index (χ1v) is 12.3. The zero-order valence-electron chi connectivity index (χ0n) is 20.4. The van der Waals surface area contributed by atoms with Gasteiger partial charge in [0.15, 0.2) is 6.17 Å². The molecule has 1 atom stereocenters. The summed E-state index contributed by atoms with van der Waals surface area (Å²) in [6.07, 6.45) is 2.41. The van der Waals surface area contributed by atoms with Gasteiger partial charge in [0.25, 0.3) is 5.91 Å². The van der Waals surface area contributed by atoms with Crippen molar-refractivity contribution in [1.82, 2.24) is 15.1 Å². The fraction of sp³-hybridized carbons (Fsp3) is 0.423. The molecule has 5 N–H and O–H groups in total. The molecule has 0 aromatic heterocycles. The number of amides is 5. The third-order valence-electron chi connectivity index (χ3n) is 6.64. The maximum atomic E-state index is 13.7. The number of carbonyl (C=O) groups excluding carboxylic acids is 3. The number of nitrogens with zero attached hydrogens (tertiary/aromatic N) is 2. The van der Waals surface area contributed by atoms with E-state index in [-0.39, 0.29) is 24.3 Å². The van der Waals surface area contributed by atoms with Gasteiger partial charge in [0.1, 0.15) is 5.82 Å². The number of rotatable bonds is 4. The van der Waals surface area contributed by atoms with Crippen LogP contribution in [0.2, 0.25) is 0 Å². The molecule has 36 heavy (non-hydrogen) atoms. The van der Waals surface area contributed by atoms with Crippen LogP contribution in [-0.4, -0.2) is 59.1 Å². The molecule has 1 saturated heterocycles. The van der Waals surface area contributed by atoms with Gasteiger partial charge < -0.3 is 21.7 Å². The van der Waals surface area contributed by atoms with Crippen LogP contribution < -0.4 is 21.7 Å². The lowest BCUT2D eigenvalue weighted by Gasteiger charge is -2.43. The van der Waals surface area contributed by atoms with Crippen molar-refractivity contribution < 1.29 is 18.8 Å². The Labute approximate surface area is 210 Å². The molecule has 1 aliphatic heterocycles. The van der Waals surface area contributed by atoms with Crippen LogP contribution in [0.3, 0.4) is 0 Å². The van der Waals surface area contributed by atoms with Crippen molar-refractivity contribution in [3.8, 4) is 0 Å². The zero-order valence-corrected chi connectivity index (χ0v) is 20.4. The van der Waals surface area contributed by atoms with Crippen LogP contribution in [0.25, 0.3) is 0 Å². The highest BCUT2D eigenvalue weighted by Crippen LogP contribution is 2.22. The van der Waals surface area contributed by atoms with E-state index >= 15 is 0 Å². The Morgan fingerprint density at radius 2 is 1.50 bits per heavy atom. The number of benzene rings is 2. The van der Waals surface area contributed by atoms with E-state index in [0.29, 0.717) is 18.7 Å². The maximum absolute atomic E-state index is 13.7. The van der Waals surface area contributed by atoms with Crippen molar-refractivity contribution >= 4 is 29.3 Å². The molecule has 4 rings (SSSR count). The van der Waals surface area contributed by atoms with Crippen LogP contribution in [0.15, 0.2) is 48.5 Å². The Morgan fingerprint density at radius 1 is 0.889 bits per heavy atom. The number of nitrogens with two attached hydrogens (primary N) is 1. The topological polar surface area (TPSA) is 120 Å². The number of nitrogens with one attached hydrogen (secondary N) is 3. The lowest BCUT2D eigenvalue weighted by Crippen LogP contribution is -2.65. The van der Waals surface area contributed by atoms with Gasteiger partial charge in [0.05, 0.1) is 0 Å². The minimum atomic E-state index is -1.16. The van der Waals surface area contributed by atoms with Crippen LogP contribution in [0.1, 0.15) is 37.7 Å². The predicted molar refractivity (Wildman–Crippen MR) is 136 cm³/mol. The van der Waals surface area contributed by atoms with Crippen LogP contribution in [0, 0.1) is 12.7 Å². The summed E-state index contributed by atoms with van der Waals surface area (Å²) in [4.78, 5) is 42.7. The molecular formula is C26H33FN6O3. The molecule has 0 radical (unpaired) electrons. The van der Waals surface area contributed by atoms with Gasteiger partial charge in [-0.15, -0.1) is 0 Å². The van der Waals surface area contributed by atoms with Crippen molar-refractivity contribution in [3.63, 3.8) is 0 Å². The molecule has 0 spiro atoms. The van der Waals surface area contributed by atoms with Crippen molar-refractivity contribution in [2.45, 2.75) is 57.3 Å². The highest BCUT2D eigenvalue weighted by Gasteiger charge is 2.41. The Balaban J connectivity index is 1.54. The van der Waals surface area contributed by atoms with Crippen molar-refractivity contribution in [2.75, 3.05) is 23.7 Å². The van der Waals surface area contributed by atoms with Crippen LogP contribution in [0.4, 0.5) is 25.4 Å². The van der Waals surface area contributed by atoms with E-state index < -0.39 is 30.0 Å². The average Bonchev–Trinajstić information content (AvgIpc) is 2.86. The van der Waals surface area contributed by atoms with E-state index in [1.807, 2.05) is 19.1 Å². The van der Waals surface area contributed by atoms with Gasteiger partial charge in [-0.05, 0) is 69.4 Å². The Morgan fingerprint density at radius 3 is 2.11 bits per heavy atom. The number of halogens is 1. The fourth-order valence-corrected chi connectivity index (χ4v) is 4.67. The average molecular weight is 497 g/mol. The first kappa shape index (κ1) is 25.4. The van der Waals surface area contributed by atoms with Crippen LogP contribution in [0.5, 0.6) is 0 Å². The molecule has 2 aliphatic rings. The highest BCUT2D eigenvalue weighted by molar-refractivity contribution is 5.98. The van der Waals surface area contributed by atoms with Crippen molar-refractivity contribution in [2.24, 2.45) is 5.73 Å². The second-order valence-corrected chi connectivity index (χ2v) is 9.47. The number of hydrogen-bond acceptors (Lipinski definition) is 4. The number of anilines is 2. The summed E-state index contributed by atoms with van der Waals surface area (Å²) < 4.78 is 13.7. The summed E-state index contributed by atoms with van der Waals surface area (Å²) in [6.45, 7) is 2.52. The summed E-state index contributed by atoms with van der Waals surface area (Å²) in [5, 5.41) is 8.51. The lowest BCUT2D eigenvalue weighted by molar-refractivity contribution is -0.132. The minimum Gasteiger partial charge on any atom is -0.350 e. The molecule has 1 aliphatic carbocycles. The number of hydrogen-bond donors (Lipinski definition) is 4. The van der Waals surface area contributed by atoms with Gasteiger partial charge in [0, 0.05) is 36.5 Å². The van der Waals surface area contributed by atoms with E-state index in [0.717, 1.165) is 31.2 Å². The van der Waals surface area contributed by atoms with Crippen molar-refractivity contribution in [1.29, 1.82) is 0 Å². The summed E-state index contributed by atoms with van der Waals surface area (Å²) in [5.74, 6) is -0.918. The Kier molecular flexibility index (Phi) is 8.04. The summed E-state index contributed by atoms with van der Waals surface area (Å²) in [6, 6.07) is 11.8. The molecule has 1 heterocycles. The maximum Gasteiger partial charge on any atom is 0.323 e. The minimum absolute atomic E-state index is 0.0747. The third-order valence-corrected chi connectivity index (χ3v) is 6.64. The van der Waals surface area contributed by atoms with E-state index in [2.05, 4.69) is 16.0 Å². The van der Waals surface area contributed by atoms with E-state index in [1.165, 1.54) is 28.0 Å². The van der Waals surface area contributed by atoms with E-state index in [4.69, 9.17) is 5.73 Å². The number of urea groups is 2. The highest BCUT2D eigenvalue weighted by atomic mass is 19.1. The molecule has 9 nitrogen and oxygen atoms in total. The molecule has 2 aromatic rings. The number of carbonyl (C=O) groups is 3. The predicted octanol–water partition coefficient (Wildman–Crippen LogP) is 3.62. The van der Waals surface area contributed by atoms with Gasteiger partial charge >= 0.3 is 12.1 Å². The van der Waals surface area contributed by atoms with E-state index in [1.54, 1.807) is 18.2 Å². The monoisotopic (exact) mass is 496 g/mol. The molecule has 1 saturated carbocycles. The van der Waals surface area contributed by atoms with Gasteiger partial charge in [-0.2, -0.15) is 0 Å². The van der Waals surface area contributed by atoms with E-state index in [9.17, 15) is 18.8 Å². The standard InChI is InChI=1S/C26H33FN6O3/c1-17-6-10-21(11-7-17)30-25(35)32-14-3-15-33(26(36)31-22-5-2-4-18(27)16-22)24(32)23(34)29-20-12-8-19(28)9-13-20/h2,4-7,10-11,16,19-20,24H,3,8-9,12-15,28H2,1H3,(H,29,34)(H,30,35)(H,31,36). The molecule has 1 unspecified atom stereocenters.